The third-order valence-corrected chi connectivity index (χ3v) is 4.65. The maximum Gasteiger partial charge on any atom is 0.416 e. The highest BCUT2D eigenvalue weighted by Crippen LogP contribution is 2.32. The van der Waals surface area contributed by atoms with Gasteiger partial charge in [-0.3, -0.25) is 4.79 Å². The molecule has 0 aliphatic carbocycles. The van der Waals surface area contributed by atoms with Crippen molar-refractivity contribution in [1.29, 1.82) is 0 Å². The number of rotatable bonds is 4. The van der Waals surface area contributed by atoms with Gasteiger partial charge in [0.25, 0.3) is 5.91 Å². The first kappa shape index (κ1) is 23.4. The Balaban J connectivity index is 2.17. The second-order valence-corrected chi connectivity index (χ2v) is 8.88. The zero-order chi connectivity index (χ0) is 23.7. The normalized spacial score (nSPS) is 12.2. The van der Waals surface area contributed by atoms with Gasteiger partial charge in [-0.05, 0) is 51.0 Å². The Morgan fingerprint density at radius 1 is 1.00 bits per heavy atom. The molecule has 0 fully saturated rings. The van der Waals surface area contributed by atoms with Gasteiger partial charge in [0.05, 0.1) is 22.6 Å². The number of hydrogen-bond donors (Lipinski definition) is 1. The number of nitrogens with zero attached hydrogens (tertiary/aromatic N) is 3. The number of benzene rings is 1. The highest BCUT2D eigenvalue weighted by atomic mass is 19.4. The molecule has 5 nitrogen and oxygen atoms in total. The number of carbonyl (C=O) groups excluding carboxylic acids is 1. The molecular formula is C24H25F3N4O. The molecule has 1 N–H and O–H groups in total. The minimum atomic E-state index is -4.43. The van der Waals surface area contributed by atoms with E-state index in [1.165, 1.54) is 18.5 Å². The zero-order valence-electron chi connectivity index (χ0n) is 18.6. The first-order valence-electron chi connectivity index (χ1n) is 10.2. The van der Waals surface area contributed by atoms with Gasteiger partial charge in [-0.15, -0.1) is 0 Å². The number of aromatic nitrogens is 3. The van der Waals surface area contributed by atoms with E-state index in [0.29, 0.717) is 28.1 Å². The monoisotopic (exact) mass is 442 g/mol. The van der Waals surface area contributed by atoms with Crippen molar-refractivity contribution in [2.75, 3.05) is 0 Å². The summed E-state index contributed by atoms with van der Waals surface area (Å²) in [6.07, 6.45) is -1.35. The van der Waals surface area contributed by atoms with Crippen molar-refractivity contribution in [3.8, 4) is 22.5 Å². The highest BCUT2D eigenvalue weighted by Gasteiger charge is 2.30. The fourth-order valence-corrected chi connectivity index (χ4v) is 3.19. The van der Waals surface area contributed by atoms with Crippen LogP contribution in [0, 0.1) is 0 Å². The lowest BCUT2D eigenvalue weighted by molar-refractivity contribution is -0.137. The first-order chi connectivity index (χ1) is 14.8. The van der Waals surface area contributed by atoms with Gasteiger partial charge in [-0.25, -0.2) is 15.0 Å². The molecule has 3 aromatic rings. The number of nitrogens with one attached hydrogen (secondary N) is 1. The fraction of sp³-hybridized carbons (Fsp3) is 0.333. The Bertz CT molecular complexity index is 1120. The second kappa shape index (κ2) is 8.68. The van der Waals surface area contributed by atoms with Crippen LogP contribution in [0.1, 0.15) is 62.2 Å². The van der Waals surface area contributed by atoms with E-state index >= 15 is 0 Å². The Kier molecular flexibility index (Phi) is 6.34. The maximum atomic E-state index is 13.0. The minimum absolute atomic E-state index is 0.0800. The number of hydrogen-bond acceptors (Lipinski definition) is 4. The van der Waals surface area contributed by atoms with E-state index < -0.39 is 17.3 Å². The van der Waals surface area contributed by atoms with E-state index in [1.807, 2.05) is 34.6 Å². The molecule has 0 atom stereocenters. The topological polar surface area (TPSA) is 67.8 Å². The average Bonchev–Trinajstić information content (AvgIpc) is 2.71. The molecule has 0 saturated heterocycles. The number of alkyl halides is 3. The van der Waals surface area contributed by atoms with Gasteiger partial charge < -0.3 is 5.32 Å². The second-order valence-electron chi connectivity index (χ2n) is 8.88. The maximum absolute atomic E-state index is 13.0. The van der Waals surface area contributed by atoms with Crippen molar-refractivity contribution < 1.29 is 18.0 Å². The summed E-state index contributed by atoms with van der Waals surface area (Å²) < 4.78 is 38.9. The Morgan fingerprint density at radius 2 is 1.62 bits per heavy atom. The molecule has 0 bridgehead atoms. The van der Waals surface area contributed by atoms with Gasteiger partial charge in [-0.1, -0.05) is 26.0 Å². The van der Waals surface area contributed by atoms with Gasteiger partial charge in [-0.2, -0.15) is 13.2 Å². The lowest BCUT2D eigenvalue weighted by Gasteiger charge is -2.21. The zero-order valence-corrected chi connectivity index (χ0v) is 18.6. The SMILES string of the molecule is CC(C)c1ncncc1-c1cc(C(=O)NC(C)(C)C)cc(-c2ccc(C(F)(F)F)cc2)n1. The first-order valence-corrected chi connectivity index (χ1v) is 10.2. The van der Waals surface area contributed by atoms with E-state index in [4.69, 9.17) is 0 Å². The van der Waals surface area contributed by atoms with Crippen molar-refractivity contribution in [2.24, 2.45) is 0 Å². The van der Waals surface area contributed by atoms with Crippen LogP contribution in [0.4, 0.5) is 13.2 Å². The molecule has 0 saturated carbocycles. The number of carbonyl (C=O) groups is 1. The van der Waals surface area contributed by atoms with Crippen molar-refractivity contribution in [1.82, 2.24) is 20.3 Å². The summed E-state index contributed by atoms with van der Waals surface area (Å²) in [5.74, 6) is -0.228. The largest absolute Gasteiger partial charge is 0.416 e. The summed E-state index contributed by atoms with van der Waals surface area (Å²) >= 11 is 0. The molecule has 0 radical (unpaired) electrons. The third kappa shape index (κ3) is 5.49. The van der Waals surface area contributed by atoms with Gasteiger partial charge in [0.2, 0.25) is 0 Å². The summed E-state index contributed by atoms with van der Waals surface area (Å²) in [7, 11) is 0. The van der Waals surface area contributed by atoms with Crippen LogP contribution >= 0.6 is 0 Å². The van der Waals surface area contributed by atoms with Crippen LogP contribution in [-0.2, 0) is 6.18 Å². The van der Waals surface area contributed by atoms with Crippen LogP contribution < -0.4 is 5.32 Å². The molecule has 0 unspecified atom stereocenters. The van der Waals surface area contributed by atoms with Crippen LogP contribution in [0.5, 0.6) is 0 Å². The highest BCUT2D eigenvalue weighted by molar-refractivity contribution is 5.96. The molecule has 0 aliphatic rings. The fourth-order valence-electron chi connectivity index (χ4n) is 3.19. The van der Waals surface area contributed by atoms with Crippen LogP contribution in [0.3, 0.4) is 0 Å². The molecule has 1 aromatic carbocycles. The van der Waals surface area contributed by atoms with Gasteiger partial charge in [0.15, 0.2) is 0 Å². The van der Waals surface area contributed by atoms with Gasteiger partial charge in [0.1, 0.15) is 6.33 Å². The lowest BCUT2D eigenvalue weighted by Crippen LogP contribution is -2.40. The molecule has 1 amide bonds. The predicted molar refractivity (Wildman–Crippen MR) is 117 cm³/mol. The van der Waals surface area contributed by atoms with Crippen LogP contribution in [-0.4, -0.2) is 26.4 Å². The summed E-state index contributed by atoms with van der Waals surface area (Å²) in [4.78, 5) is 26.0. The van der Waals surface area contributed by atoms with Crippen LogP contribution in [0.15, 0.2) is 48.9 Å². The molecule has 8 heteroatoms. The van der Waals surface area contributed by atoms with Crippen LogP contribution in [0.2, 0.25) is 0 Å². The standard InChI is InChI=1S/C24H25F3N4O/c1-14(2)21-18(12-28-13-29-21)20-11-16(22(32)31-23(3,4)5)10-19(30-20)15-6-8-17(9-7-15)24(25,26)27/h6-14H,1-5H3,(H,31,32). The van der Waals surface area contributed by atoms with Crippen molar-refractivity contribution >= 4 is 5.91 Å². The molecule has 168 valence electrons. The van der Waals surface area contributed by atoms with E-state index in [1.54, 1.807) is 18.3 Å². The van der Waals surface area contributed by atoms with Crippen molar-refractivity contribution in [3.05, 3.63) is 65.7 Å². The molecule has 0 spiro atoms. The Morgan fingerprint density at radius 3 is 2.19 bits per heavy atom. The van der Waals surface area contributed by atoms with E-state index in [-0.39, 0.29) is 11.8 Å². The van der Waals surface area contributed by atoms with Crippen molar-refractivity contribution in [3.63, 3.8) is 0 Å². The third-order valence-electron chi connectivity index (χ3n) is 4.65. The van der Waals surface area contributed by atoms with Gasteiger partial charge >= 0.3 is 6.18 Å². The molecule has 2 heterocycles. The van der Waals surface area contributed by atoms with E-state index in [0.717, 1.165) is 17.8 Å². The van der Waals surface area contributed by atoms with E-state index in [2.05, 4.69) is 20.3 Å². The Labute approximate surface area is 185 Å². The number of pyridine rings is 1. The average molecular weight is 442 g/mol. The van der Waals surface area contributed by atoms with E-state index in [9.17, 15) is 18.0 Å². The summed E-state index contributed by atoms with van der Waals surface area (Å²) in [6.45, 7) is 9.57. The molecule has 32 heavy (non-hydrogen) atoms. The lowest BCUT2D eigenvalue weighted by atomic mass is 9.99. The molecule has 0 aliphatic heterocycles. The number of amides is 1. The molecular weight excluding hydrogens is 417 g/mol. The molecule has 2 aromatic heterocycles. The van der Waals surface area contributed by atoms with Gasteiger partial charge in [0, 0.05) is 28.4 Å². The van der Waals surface area contributed by atoms with Crippen LogP contribution in [0.25, 0.3) is 22.5 Å². The number of halogens is 3. The minimum Gasteiger partial charge on any atom is -0.347 e. The van der Waals surface area contributed by atoms with Crippen molar-refractivity contribution in [2.45, 2.75) is 52.3 Å². The quantitative estimate of drug-likeness (QED) is 0.548. The summed E-state index contributed by atoms with van der Waals surface area (Å²) in [5.41, 5.74) is 1.89. The smallest absolute Gasteiger partial charge is 0.347 e. The molecule has 3 rings (SSSR count). The summed E-state index contributed by atoms with van der Waals surface area (Å²) in [5, 5.41) is 2.91. The summed E-state index contributed by atoms with van der Waals surface area (Å²) in [6, 6.07) is 7.94. The predicted octanol–water partition coefficient (Wildman–Crippen LogP) is 5.88. The Hall–Kier alpha value is -3.29.